The highest BCUT2D eigenvalue weighted by atomic mass is 35.5. The van der Waals surface area contributed by atoms with Gasteiger partial charge in [0.05, 0.1) is 10.0 Å². The Morgan fingerprint density at radius 3 is 2.89 bits per heavy atom. The van der Waals surface area contributed by atoms with Crippen LogP contribution in [0, 0.1) is 0 Å². The molecule has 1 aliphatic heterocycles. The standard InChI is InChI=1S/C13H16Cl2N2O/c1-8(10-3-2-4-11(14)13(10)15)17-9-5-6-12(18)16-7-9/h2-4,8-9,17H,5-7H2,1H3,(H,16,18). The first-order chi connectivity index (χ1) is 8.58. The van der Waals surface area contributed by atoms with Gasteiger partial charge in [0.2, 0.25) is 5.91 Å². The lowest BCUT2D eigenvalue weighted by molar-refractivity contribution is -0.122. The molecule has 5 heteroatoms. The third kappa shape index (κ3) is 3.16. The van der Waals surface area contributed by atoms with E-state index >= 15 is 0 Å². The lowest BCUT2D eigenvalue weighted by Crippen LogP contribution is -2.46. The smallest absolute Gasteiger partial charge is 0.220 e. The maximum atomic E-state index is 11.1. The third-order valence-corrected chi connectivity index (χ3v) is 4.03. The van der Waals surface area contributed by atoms with Crippen LogP contribution in [0.25, 0.3) is 0 Å². The zero-order chi connectivity index (χ0) is 13.1. The maximum absolute atomic E-state index is 11.1. The van der Waals surface area contributed by atoms with Crippen LogP contribution in [0.5, 0.6) is 0 Å². The van der Waals surface area contributed by atoms with Gasteiger partial charge in [-0.2, -0.15) is 0 Å². The third-order valence-electron chi connectivity index (χ3n) is 3.20. The Balaban J connectivity index is 2.01. The van der Waals surface area contributed by atoms with Gasteiger partial charge in [-0.05, 0) is 25.0 Å². The summed E-state index contributed by atoms with van der Waals surface area (Å²) >= 11 is 12.2. The molecule has 1 aromatic carbocycles. The van der Waals surface area contributed by atoms with Crippen molar-refractivity contribution in [1.82, 2.24) is 10.6 Å². The highest BCUT2D eigenvalue weighted by Crippen LogP contribution is 2.30. The van der Waals surface area contributed by atoms with Crippen molar-refractivity contribution < 1.29 is 4.79 Å². The van der Waals surface area contributed by atoms with E-state index < -0.39 is 0 Å². The number of piperidine rings is 1. The van der Waals surface area contributed by atoms with E-state index in [2.05, 4.69) is 10.6 Å². The van der Waals surface area contributed by atoms with Crippen LogP contribution in [0.3, 0.4) is 0 Å². The van der Waals surface area contributed by atoms with Gasteiger partial charge >= 0.3 is 0 Å². The molecule has 2 N–H and O–H groups in total. The Kier molecular flexibility index (Phi) is 4.49. The van der Waals surface area contributed by atoms with Gasteiger partial charge in [0, 0.05) is 25.0 Å². The average molecular weight is 287 g/mol. The second kappa shape index (κ2) is 5.91. The predicted octanol–water partition coefficient (Wildman–Crippen LogP) is 2.92. The fourth-order valence-corrected chi connectivity index (χ4v) is 2.64. The van der Waals surface area contributed by atoms with E-state index in [9.17, 15) is 4.79 Å². The monoisotopic (exact) mass is 286 g/mol. The number of carbonyl (C=O) groups is 1. The largest absolute Gasteiger partial charge is 0.355 e. The van der Waals surface area contributed by atoms with Gasteiger partial charge in [0.25, 0.3) is 0 Å². The minimum absolute atomic E-state index is 0.108. The van der Waals surface area contributed by atoms with Crippen molar-refractivity contribution in [1.29, 1.82) is 0 Å². The van der Waals surface area contributed by atoms with E-state index in [4.69, 9.17) is 23.2 Å². The van der Waals surface area contributed by atoms with Crippen molar-refractivity contribution in [3.63, 3.8) is 0 Å². The van der Waals surface area contributed by atoms with Crippen LogP contribution in [0.1, 0.15) is 31.4 Å². The minimum atomic E-state index is 0.108. The molecule has 2 atom stereocenters. The molecule has 1 saturated heterocycles. The molecule has 3 nitrogen and oxygen atoms in total. The summed E-state index contributed by atoms with van der Waals surface area (Å²) in [5.41, 5.74) is 0.987. The minimum Gasteiger partial charge on any atom is -0.355 e. The summed E-state index contributed by atoms with van der Waals surface area (Å²) in [6, 6.07) is 6.03. The number of halogens is 2. The van der Waals surface area contributed by atoms with Crippen molar-refractivity contribution in [2.24, 2.45) is 0 Å². The Morgan fingerprint density at radius 2 is 2.22 bits per heavy atom. The Morgan fingerprint density at radius 1 is 1.44 bits per heavy atom. The lowest BCUT2D eigenvalue weighted by atomic mass is 10.0. The summed E-state index contributed by atoms with van der Waals surface area (Å²) in [6.07, 6.45) is 1.43. The SMILES string of the molecule is CC(NC1CCC(=O)NC1)c1cccc(Cl)c1Cl. The molecule has 98 valence electrons. The molecule has 1 heterocycles. The van der Waals surface area contributed by atoms with Crippen LogP contribution in [-0.2, 0) is 4.79 Å². The number of rotatable bonds is 3. The molecule has 1 aromatic rings. The molecule has 18 heavy (non-hydrogen) atoms. The molecule has 1 amide bonds. The molecule has 0 spiro atoms. The average Bonchev–Trinajstić information content (AvgIpc) is 2.35. The van der Waals surface area contributed by atoms with Crippen molar-refractivity contribution in [3.8, 4) is 0 Å². The highest BCUT2D eigenvalue weighted by molar-refractivity contribution is 6.42. The summed E-state index contributed by atoms with van der Waals surface area (Å²) in [4.78, 5) is 11.1. The lowest BCUT2D eigenvalue weighted by Gasteiger charge is -2.27. The van der Waals surface area contributed by atoms with Crippen LogP contribution in [-0.4, -0.2) is 18.5 Å². The van der Waals surface area contributed by atoms with E-state index in [0.29, 0.717) is 23.0 Å². The van der Waals surface area contributed by atoms with Gasteiger partial charge in [0.1, 0.15) is 0 Å². The predicted molar refractivity (Wildman–Crippen MR) is 74.0 cm³/mol. The molecule has 1 fully saturated rings. The van der Waals surface area contributed by atoms with Gasteiger partial charge in [-0.3, -0.25) is 4.79 Å². The van der Waals surface area contributed by atoms with E-state index in [1.807, 2.05) is 19.1 Å². The fraction of sp³-hybridized carbons (Fsp3) is 0.462. The van der Waals surface area contributed by atoms with Crippen LogP contribution in [0.15, 0.2) is 18.2 Å². The molecular weight excluding hydrogens is 271 g/mol. The van der Waals surface area contributed by atoms with Crippen LogP contribution >= 0.6 is 23.2 Å². The molecular formula is C13H16Cl2N2O. The van der Waals surface area contributed by atoms with Gasteiger partial charge in [-0.1, -0.05) is 35.3 Å². The number of nitrogens with one attached hydrogen (secondary N) is 2. The maximum Gasteiger partial charge on any atom is 0.220 e. The van der Waals surface area contributed by atoms with E-state index in [-0.39, 0.29) is 18.0 Å². The van der Waals surface area contributed by atoms with E-state index in [1.54, 1.807) is 6.07 Å². The molecule has 0 aromatic heterocycles. The first-order valence-electron chi connectivity index (χ1n) is 6.04. The van der Waals surface area contributed by atoms with Crippen molar-refractivity contribution in [3.05, 3.63) is 33.8 Å². The molecule has 2 unspecified atom stereocenters. The van der Waals surface area contributed by atoms with Gasteiger partial charge in [-0.15, -0.1) is 0 Å². The Bertz CT molecular complexity index is 441. The summed E-state index contributed by atoms with van der Waals surface area (Å²) in [5.74, 6) is 0.126. The van der Waals surface area contributed by atoms with Crippen molar-refractivity contribution in [2.75, 3.05) is 6.54 Å². The first kappa shape index (κ1) is 13.7. The highest BCUT2D eigenvalue weighted by Gasteiger charge is 2.21. The number of carbonyl (C=O) groups excluding carboxylic acids is 1. The van der Waals surface area contributed by atoms with Crippen LogP contribution in [0.2, 0.25) is 10.0 Å². The molecule has 0 saturated carbocycles. The van der Waals surface area contributed by atoms with Gasteiger partial charge < -0.3 is 10.6 Å². The second-order valence-electron chi connectivity index (χ2n) is 4.57. The number of hydrogen-bond donors (Lipinski definition) is 2. The van der Waals surface area contributed by atoms with E-state index in [0.717, 1.165) is 12.0 Å². The Labute approximate surface area is 117 Å². The van der Waals surface area contributed by atoms with Crippen LogP contribution in [0.4, 0.5) is 0 Å². The molecule has 0 bridgehead atoms. The quantitative estimate of drug-likeness (QED) is 0.897. The van der Waals surface area contributed by atoms with Crippen molar-refractivity contribution in [2.45, 2.75) is 31.8 Å². The van der Waals surface area contributed by atoms with Crippen LogP contribution < -0.4 is 10.6 Å². The number of amides is 1. The normalized spacial score (nSPS) is 21.5. The van der Waals surface area contributed by atoms with E-state index in [1.165, 1.54) is 0 Å². The number of benzene rings is 1. The molecule has 0 aliphatic carbocycles. The molecule has 2 rings (SSSR count). The summed E-state index contributed by atoms with van der Waals surface area (Å²) < 4.78 is 0. The van der Waals surface area contributed by atoms with Gasteiger partial charge in [0.15, 0.2) is 0 Å². The van der Waals surface area contributed by atoms with Gasteiger partial charge in [-0.25, -0.2) is 0 Å². The summed E-state index contributed by atoms with van der Waals surface area (Å²) in [7, 11) is 0. The zero-order valence-corrected chi connectivity index (χ0v) is 11.7. The molecule has 1 aliphatic rings. The fourth-order valence-electron chi connectivity index (χ4n) is 2.17. The summed E-state index contributed by atoms with van der Waals surface area (Å²) in [6.45, 7) is 2.72. The molecule has 0 radical (unpaired) electrons. The topological polar surface area (TPSA) is 41.1 Å². The van der Waals surface area contributed by atoms with Crippen molar-refractivity contribution >= 4 is 29.1 Å². The first-order valence-corrected chi connectivity index (χ1v) is 6.80. The zero-order valence-electron chi connectivity index (χ0n) is 10.2. The number of hydrogen-bond acceptors (Lipinski definition) is 2. The Hall–Kier alpha value is -0.770. The summed E-state index contributed by atoms with van der Waals surface area (Å²) in [5, 5.41) is 7.49. The second-order valence-corrected chi connectivity index (χ2v) is 5.36.